The Bertz CT molecular complexity index is 662. The van der Waals surface area contributed by atoms with E-state index in [0.717, 1.165) is 11.0 Å². The van der Waals surface area contributed by atoms with Crippen LogP contribution < -0.4 is 0 Å². The summed E-state index contributed by atoms with van der Waals surface area (Å²) in [6, 6.07) is 7.94. The lowest BCUT2D eigenvalue weighted by Crippen LogP contribution is -2.36. The van der Waals surface area contributed by atoms with Gasteiger partial charge in [-0.15, -0.1) is 0 Å². The molecule has 0 fully saturated rings. The van der Waals surface area contributed by atoms with E-state index in [0.29, 0.717) is 0 Å². The van der Waals surface area contributed by atoms with Crippen LogP contribution in [0.25, 0.3) is 11.0 Å². The van der Waals surface area contributed by atoms with Gasteiger partial charge in [0.15, 0.2) is 0 Å². The third-order valence-corrected chi connectivity index (χ3v) is 5.42. The van der Waals surface area contributed by atoms with Crippen LogP contribution in [-0.2, 0) is 14.0 Å². The van der Waals surface area contributed by atoms with Gasteiger partial charge in [-0.05, 0) is 31.8 Å². The maximum absolute atomic E-state index is 11.7. The molecule has 5 nitrogen and oxygen atoms in total. The number of H-pyrrole nitrogens is 1. The predicted molar refractivity (Wildman–Crippen MR) is 75.5 cm³/mol. The first-order chi connectivity index (χ1) is 9.42. The van der Waals surface area contributed by atoms with Gasteiger partial charge in [0.2, 0.25) is 8.32 Å². The van der Waals surface area contributed by atoms with Gasteiger partial charge in [-0.1, -0.05) is 12.1 Å². The average Bonchev–Trinajstić information content (AvgIpc) is 2.72. The van der Waals surface area contributed by atoms with Crippen molar-refractivity contribution in [3.8, 4) is 0 Å². The largest absolute Gasteiger partial charge is 0.522 e. The van der Waals surface area contributed by atoms with Crippen molar-refractivity contribution in [1.82, 2.24) is 9.97 Å². The van der Waals surface area contributed by atoms with Crippen molar-refractivity contribution in [2.24, 2.45) is 0 Å². The number of rotatable bonds is 2. The molecule has 0 saturated carbocycles. The average molecular weight is 340 g/mol. The van der Waals surface area contributed by atoms with Gasteiger partial charge >= 0.3 is 15.6 Å². The van der Waals surface area contributed by atoms with Gasteiger partial charge in [0.1, 0.15) is 0 Å². The first-order valence-corrected chi connectivity index (χ1v) is 10.6. The van der Waals surface area contributed by atoms with Crippen LogP contribution in [0.4, 0.5) is 13.2 Å². The normalized spacial score (nSPS) is 12.9. The van der Waals surface area contributed by atoms with Crippen LogP contribution in [0.15, 0.2) is 30.6 Å². The Morgan fingerprint density at radius 3 is 2.19 bits per heavy atom. The molecule has 0 unspecified atom stereocenters. The topological polar surface area (TPSA) is 72.1 Å². The second kappa shape index (κ2) is 6.16. The first kappa shape index (κ1) is 17.7. The van der Waals surface area contributed by atoms with Crippen molar-refractivity contribution in [2.75, 3.05) is 0 Å². The minimum atomic E-state index is -5.39. The van der Waals surface area contributed by atoms with Crippen molar-refractivity contribution in [1.29, 1.82) is 0 Å². The molecule has 0 aliphatic rings. The number of halogens is 3. The molecular weight excluding hydrogens is 325 g/mol. The highest BCUT2D eigenvalue weighted by atomic mass is 32.2. The van der Waals surface area contributed by atoms with Gasteiger partial charge in [0, 0.05) is 0 Å². The van der Waals surface area contributed by atoms with Crippen molar-refractivity contribution >= 4 is 29.5 Å². The third kappa shape index (κ3) is 5.48. The molecule has 0 saturated heterocycles. The number of nitrogens with zero attached hydrogens (tertiary/aromatic N) is 1. The minimum absolute atomic E-state index is 1.03. The summed E-state index contributed by atoms with van der Waals surface area (Å²) < 4.78 is 59.7. The molecule has 0 radical (unpaired) electrons. The van der Waals surface area contributed by atoms with E-state index in [9.17, 15) is 21.6 Å². The molecule has 0 spiro atoms. The Labute approximate surface area is 121 Å². The lowest BCUT2D eigenvalue weighted by molar-refractivity contribution is -0.0503. The van der Waals surface area contributed by atoms with Gasteiger partial charge in [0.25, 0.3) is 0 Å². The molecule has 0 amide bonds. The number of fused-ring (bicyclic) bond motifs is 1. The Kier molecular flexibility index (Phi) is 5.18. The van der Waals surface area contributed by atoms with Gasteiger partial charge in [0.05, 0.1) is 17.4 Å². The van der Waals surface area contributed by atoms with Crippen LogP contribution >= 0.6 is 0 Å². The standard InChI is InChI=1S/C7H6N2.C4H9F3O3SSi/c1-2-4-7-6(3-1)8-5-9-7;1-12(2,3)10-11(8,9)4(5,6)7/h1-5H,(H,8,9);1-3H3. The number of benzene rings is 1. The van der Waals surface area contributed by atoms with E-state index in [-0.39, 0.29) is 0 Å². The molecule has 1 N–H and O–H groups in total. The van der Waals surface area contributed by atoms with Crippen LogP contribution in [0.1, 0.15) is 0 Å². The van der Waals surface area contributed by atoms with E-state index in [2.05, 4.69) is 13.8 Å². The summed E-state index contributed by atoms with van der Waals surface area (Å²) in [5.41, 5.74) is -3.19. The van der Waals surface area contributed by atoms with Crippen molar-refractivity contribution in [3.63, 3.8) is 0 Å². The molecule has 1 aromatic carbocycles. The van der Waals surface area contributed by atoms with Crippen LogP contribution in [-0.4, -0.2) is 32.2 Å². The highest BCUT2D eigenvalue weighted by Gasteiger charge is 2.49. The van der Waals surface area contributed by atoms with E-state index in [1.54, 1.807) is 6.33 Å². The summed E-state index contributed by atoms with van der Waals surface area (Å²) >= 11 is 0. The van der Waals surface area contributed by atoms with E-state index in [4.69, 9.17) is 0 Å². The Balaban J connectivity index is 0.000000216. The molecule has 0 bridgehead atoms. The second-order valence-corrected chi connectivity index (χ2v) is 11.3. The van der Waals surface area contributed by atoms with Gasteiger partial charge < -0.3 is 8.86 Å². The fourth-order valence-electron chi connectivity index (χ4n) is 1.26. The monoisotopic (exact) mass is 340 g/mol. The number of imidazole rings is 1. The SMILES string of the molecule is C[Si](C)(C)OS(=O)(=O)C(F)(F)F.c1ccc2[nH]cnc2c1. The minimum Gasteiger partial charge on any atom is -0.345 e. The number of hydrogen-bond donors (Lipinski definition) is 1. The summed E-state index contributed by atoms with van der Waals surface area (Å²) in [5, 5.41) is 0. The van der Waals surface area contributed by atoms with Gasteiger partial charge in [-0.2, -0.15) is 21.6 Å². The highest BCUT2D eigenvalue weighted by molar-refractivity contribution is 7.88. The molecule has 2 aromatic rings. The molecule has 21 heavy (non-hydrogen) atoms. The molecule has 0 aliphatic heterocycles. The number of nitrogens with one attached hydrogen (secondary N) is 1. The zero-order valence-corrected chi connectivity index (χ0v) is 13.4. The second-order valence-electron chi connectivity index (χ2n) is 5.02. The number of para-hydroxylation sites is 2. The Morgan fingerprint density at radius 1 is 1.19 bits per heavy atom. The van der Waals surface area contributed by atoms with E-state index >= 15 is 0 Å². The summed E-state index contributed by atoms with van der Waals surface area (Å²) in [7, 11) is -8.10. The lowest BCUT2D eigenvalue weighted by Gasteiger charge is -2.17. The summed E-state index contributed by atoms with van der Waals surface area (Å²) in [4.78, 5) is 7.07. The number of hydrogen-bond acceptors (Lipinski definition) is 4. The summed E-state index contributed by atoms with van der Waals surface area (Å²) in [6.45, 7) is 4.07. The Hall–Kier alpha value is -1.39. The summed E-state index contributed by atoms with van der Waals surface area (Å²) in [5.74, 6) is 0. The smallest absolute Gasteiger partial charge is 0.345 e. The van der Waals surface area contributed by atoms with Crippen LogP contribution in [0.3, 0.4) is 0 Å². The fraction of sp³-hybridized carbons (Fsp3) is 0.364. The molecule has 0 aliphatic carbocycles. The van der Waals surface area contributed by atoms with Crippen molar-refractivity contribution in [2.45, 2.75) is 25.1 Å². The van der Waals surface area contributed by atoms with E-state index in [1.165, 1.54) is 19.6 Å². The van der Waals surface area contributed by atoms with Gasteiger partial charge in [-0.25, -0.2) is 4.98 Å². The molecule has 1 heterocycles. The molecule has 0 atom stereocenters. The summed E-state index contributed by atoms with van der Waals surface area (Å²) in [6.07, 6.45) is 1.70. The van der Waals surface area contributed by atoms with Crippen LogP contribution in [0, 0.1) is 0 Å². The lowest BCUT2D eigenvalue weighted by atomic mass is 10.3. The molecular formula is C11H15F3N2O3SSi. The number of alkyl halides is 3. The molecule has 1 aromatic heterocycles. The maximum atomic E-state index is 11.7. The molecule has 2 rings (SSSR count). The third-order valence-electron chi connectivity index (χ3n) is 1.97. The van der Waals surface area contributed by atoms with Crippen LogP contribution in [0.5, 0.6) is 0 Å². The van der Waals surface area contributed by atoms with E-state index < -0.39 is 23.9 Å². The first-order valence-electron chi connectivity index (χ1n) is 5.82. The fourth-order valence-corrected chi connectivity index (χ4v) is 4.27. The molecule has 118 valence electrons. The molecule has 10 heteroatoms. The van der Waals surface area contributed by atoms with Crippen LogP contribution in [0.2, 0.25) is 19.6 Å². The maximum Gasteiger partial charge on any atom is 0.522 e. The Morgan fingerprint density at radius 2 is 1.76 bits per heavy atom. The quantitative estimate of drug-likeness (QED) is 0.673. The number of aromatic amines is 1. The van der Waals surface area contributed by atoms with Crippen molar-refractivity contribution < 1.29 is 25.5 Å². The van der Waals surface area contributed by atoms with Crippen molar-refractivity contribution in [3.05, 3.63) is 30.6 Å². The van der Waals surface area contributed by atoms with Gasteiger partial charge in [-0.3, -0.25) is 0 Å². The predicted octanol–water partition coefficient (Wildman–Crippen LogP) is 3.25. The zero-order valence-electron chi connectivity index (χ0n) is 11.6. The zero-order chi connectivity index (χ0) is 16.3. The highest BCUT2D eigenvalue weighted by Crippen LogP contribution is 2.27. The van der Waals surface area contributed by atoms with E-state index in [1.807, 2.05) is 24.3 Å². The number of aromatic nitrogens is 2.